The fourth-order valence-electron chi connectivity index (χ4n) is 4.33. The molecular formula is C23H23F3N8O2. The summed E-state index contributed by atoms with van der Waals surface area (Å²) >= 11 is 0. The van der Waals surface area contributed by atoms with Crippen molar-refractivity contribution >= 4 is 28.5 Å². The highest BCUT2D eigenvalue weighted by atomic mass is 19.4. The van der Waals surface area contributed by atoms with Crippen molar-refractivity contribution < 1.29 is 22.7 Å². The predicted molar refractivity (Wildman–Crippen MR) is 126 cm³/mol. The molecule has 0 saturated carbocycles. The van der Waals surface area contributed by atoms with E-state index in [9.17, 15) is 18.0 Å². The molecule has 0 unspecified atom stereocenters. The second-order valence-corrected chi connectivity index (χ2v) is 8.54. The SMILES string of the molecule is N[C@@H]1CCCN(c2c(C(F)(F)F)cnc3[nH]cc(NC(=O)Oc4cnn(Cc5cccnc5)c4)c23)C1. The Morgan fingerprint density at radius 3 is 2.92 bits per heavy atom. The van der Waals surface area contributed by atoms with Crippen LogP contribution in [0.1, 0.15) is 24.0 Å². The fourth-order valence-corrected chi connectivity index (χ4v) is 4.33. The summed E-state index contributed by atoms with van der Waals surface area (Å²) in [5.41, 5.74) is 6.32. The van der Waals surface area contributed by atoms with Gasteiger partial charge in [-0.15, -0.1) is 0 Å². The van der Waals surface area contributed by atoms with Crippen molar-refractivity contribution in [1.82, 2.24) is 24.7 Å². The van der Waals surface area contributed by atoms with Crippen molar-refractivity contribution in [2.24, 2.45) is 5.73 Å². The topological polar surface area (TPSA) is 127 Å². The average molecular weight is 500 g/mol. The van der Waals surface area contributed by atoms with Crippen molar-refractivity contribution in [2.45, 2.75) is 31.6 Å². The van der Waals surface area contributed by atoms with Crippen LogP contribution in [0.25, 0.3) is 11.0 Å². The standard InChI is InChI=1S/C23H23F3N8O2/c24-23(25,26)17-9-29-21-19(20(17)33-6-2-4-15(27)12-33)18(10-30-21)32-22(35)36-16-8-31-34(13-16)11-14-3-1-5-28-7-14/h1,3,5,7-10,13,15H,2,4,6,11-12,27H2,(H,29,30)(H,32,35)/t15-/m1/s1. The molecule has 0 aliphatic carbocycles. The number of anilines is 2. The summed E-state index contributed by atoms with van der Waals surface area (Å²) in [6.07, 6.45) is 4.31. The maximum atomic E-state index is 13.9. The monoisotopic (exact) mass is 500 g/mol. The third kappa shape index (κ3) is 4.96. The molecule has 0 radical (unpaired) electrons. The van der Waals surface area contributed by atoms with Crippen LogP contribution in [0, 0.1) is 0 Å². The maximum Gasteiger partial charge on any atom is 0.419 e. The first kappa shape index (κ1) is 23.6. The lowest BCUT2D eigenvalue weighted by molar-refractivity contribution is -0.137. The van der Waals surface area contributed by atoms with E-state index in [1.54, 1.807) is 28.0 Å². The lowest BCUT2D eigenvalue weighted by Gasteiger charge is -2.34. The first-order chi connectivity index (χ1) is 17.3. The lowest BCUT2D eigenvalue weighted by atomic mass is 10.0. The molecule has 5 rings (SSSR count). The Morgan fingerprint density at radius 1 is 1.31 bits per heavy atom. The highest BCUT2D eigenvalue weighted by Crippen LogP contribution is 2.43. The number of halogens is 3. The van der Waals surface area contributed by atoms with E-state index in [1.165, 1.54) is 18.6 Å². The van der Waals surface area contributed by atoms with Crippen molar-refractivity contribution in [1.29, 1.82) is 0 Å². The largest absolute Gasteiger partial charge is 0.419 e. The second kappa shape index (κ2) is 9.49. The highest BCUT2D eigenvalue weighted by molar-refractivity contribution is 6.06. The minimum Gasteiger partial charge on any atom is -0.407 e. The molecule has 13 heteroatoms. The van der Waals surface area contributed by atoms with E-state index in [4.69, 9.17) is 10.5 Å². The van der Waals surface area contributed by atoms with Crippen LogP contribution in [-0.2, 0) is 12.7 Å². The van der Waals surface area contributed by atoms with Crippen LogP contribution < -0.4 is 20.7 Å². The number of alkyl halides is 3. The summed E-state index contributed by atoms with van der Waals surface area (Å²) in [6.45, 7) is 1.09. The van der Waals surface area contributed by atoms with Gasteiger partial charge in [-0.2, -0.15) is 18.3 Å². The lowest BCUT2D eigenvalue weighted by Crippen LogP contribution is -2.43. The van der Waals surface area contributed by atoms with Gasteiger partial charge in [-0.1, -0.05) is 6.07 Å². The summed E-state index contributed by atoms with van der Waals surface area (Å²) in [5, 5.41) is 6.84. The van der Waals surface area contributed by atoms with Crippen molar-refractivity contribution in [3.05, 3.63) is 60.4 Å². The number of carbonyl (C=O) groups excluding carboxylic acids is 1. The number of aromatic nitrogens is 5. The van der Waals surface area contributed by atoms with Crippen LogP contribution in [0.4, 0.5) is 29.3 Å². The van der Waals surface area contributed by atoms with Gasteiger partial charge in [0.1, 0.15) is 5.65 Å². The summed E-state index contributed by atoms with van der Waals surface area (Å²) in [4.78, 5) is 25.1. The number of pyridine rings is 2. The first-order valence-corrected chi connectivity index (χ1v) is 11.3. The van der Waals surface area contributed by atoms with Crippen LogP contribution in [0.2, 0.25) is 0 Å². The molecular weight excluding hydrogens is 477 g/mol. The zero-order valence-corrected chi connectivity index (χ0v) is 19.0. The third-order valence-corrected chi connectivity index (χ3v) is 5.88. The summed E-state index contributed by atoms with van der Waals surface area (Å²) in [5.74, 6) is 0.174. The zero-order chi connectivity index (χ0) is 25.3. The molecule has 10 nitrogen and oxygen atoms in total. The van der Waals surface area contributed by atoms with Gasteiger partial charge in [0.15, 0.2) is 5.75 Å². The van der Waals surface area contributed by atoms with Gasteiger partial charge in [0.2, 0.25) is 0 Å². The quantitative estimate of drug-likeness (QED) is 0.381. The molecule has 0 bridgehead atoms. The normalized spacial score (nSPS) is 16.3. The van der Waals surface area contributed by atoms with Gasteiger partial charge in [-0.05, 0) is 24.5 Å². The van der Waals surface area contributed by atoms with E-state index in [-0.39, 0.29) is 40.7 Å². The molecule has 4 aromatic heterocycles. The molecule has 1 atom stereocenters. The van der Waals surface area contributed by atoms with Crippen molar-refractivity contribution in [2.75, 3.05) is 23.3 Å². The number of nitrogens with two attached hydrogens (primary N) is 1. The van der Waals surface area contributed by atoms with Gasteiger partial charge in [0.25, 0.3) is 0 Å². The van der Waals surface area contributed by atoms with Crippen LogP contribution in [0.3, 0.4) is 0 Å². The minimum absolute atomic E-state index is 0.0662. The number of fused-ring (bicyclic) bond motifs is 1. The second-order valence-electron chi connectivity index (χ2n) is 8.54. The molecule has 0 spiro atoms. The van der Waals surface area contributed by atoms with Crippen molar-refractivity contribution in [3.63, 3.8) is 0 Å². The molecule has 1 fully saturated rings. The van der Waals surface area contributed by atoms with Gasteiger partial charge < -0.3 is 20.4 Å². The maximum absolute atomic E-state index is 13.9. The van der Waals surface area contributed by atoms with Crippen LogP contribution in [-0.4, -0.2) is 50.0 Å². The van der Waals surface area contributed by atoms with Crippen LogP contribution in [0.15, 0.2) is 49.3 Å². The van der Waals surface area contributed by atoms with Gasteiger partial charge in [0.05, 0.1) is 41.3 Å². The molecule has 188 valence electrons. The number of ether oxygens (including phenoxy) is 1. The molecule has 0 aromatic carbocycles. The number of hydrogen-bond donors (Lipinski definition) is 3. The smallest absolute Gasteiger partial charge is 0.407 e. The fraction of sp³-hybridized carbons (Fsp3) is 0.304. The Kier molecular flexibility index (Phi) is 6.22. The number of piperidine rings is 1. The number of nitrogens with one attached hydrogen (secondary N) is 2. The van der Waals surface area contributed by atoms with Gasteiger partial charge in [-0.25, -0.2) is 9.78 Å². The van der Waals surface area contributed by atoms with Crippen LogP contribution >= 0.6 is 0 Å². The Labute approximate surface area is 203 Å². The summed E-state index contributed by atoms with van der Waals surface area (Å²) in [7, 11) is 0. The highest BCUT2D eigenvalue weighted by Gasteiger charge is 2.38. The summed E-state index contributed by atoms with van der Waals surface area (Å²) in [6, 6.07) is 3.43. The Hall–Kier alpha value is -4.13. The van der Waals surface area contributed by atoms with E-state index in [1.807, 2.05) is 6.07 Å². The number of aromatic amines is 1. The Morgan fingerprint density at radius 2 is 2.17 bits per heavy atom. The summed E-state index contributed by atoms with van der Waals surface area (Å²) < 4.78 is 48.7. The molecule has 1 aliphatic rings. The van der Waals surface area contributed by atoms with E-state index in [0.29, 0.717) is 19.5 Å². The minimum atomic E-state index is -4.64. The van der Waals surface area contributed by atoms with E-state index in [0.717, 1.165) is 18.2 Å². The Bertz CT molecular complexity index is 1370. The van der Waals surface area contributed by atoms with Gasteiger partial charge >= 0.3 is 12.3 Å². The molecule has 1 saturated heterocycles. The van der Waals surface area contributed by atoms with Gasteiger partial charge in [0, 0.05) is 43.9 Å². The number of hydrogen-bond acceptors (Lipinski definition) is 7. The average Bonchev–Trinajstić information content (AvgIpc) is 3.45. The Balaban J connectivity index is 1.40. The van der Waals surface area contributed by atoms with Gasteiger partial charge in [-0.3, -0.25) is 15.0 Å². The molecule has 4 aromatic rings. The third-order valence-electron chi connectivity index (χ3n) is 5.88. The number of amides is 1. The number of nitrogens with zero attached hydrogens (tertiary/aromatic N) is 5. The van der Waals surface area contributed by atoms with Crippen molar-refractivity contribution in [3.8, 4) is 5.75 Å². The van der Waals surface area contributed by atoms with Crippen LogP contribution in [0.5, 0.6) is 5.75 Å². The van der Waals surface area contributed by atoms with E-state index in [2.05, 4.69) is 25.4 Å². The first-order valence-electron chi connectivity index (χ1n) is 11.3. The molecule has 4 N–H and O–H groups in total. The molecule has 36 heavy (non-hydrogen) atoms. The number of rotatable bonds is 5. The zero-order valence-electron chi connectivity index (χ0n) is 19.0. The predicted octanol–water partition coefficient (Wildman–Crippen LogP) is 3.76. The number of carbonyl (C=O) groups is 1. The molecule has 5 heterocycles. The molecule has 1 amide bonds. The van der Waals surface area contributed by atoms with E-state index < -0.39 is 17.8 Å². The molecule has 1 aliphatic heterocycles. The van der Waals surface area contributed by atoms with E-state index >= 15 is 0 Å². The number of H-pyrrole nitrogens is 1.